The highest BCUT2D eigenvalue weighted by Gasteiger charge is 2.12. The van der Waals surface area contributed by atoms with Crippen LogP contribution in [0.3, 0.4) is 0 Å². The Morgan fingerprint density at radius 3 is 3.07 bits per heavy atom. The molecule has 0 aromatic carbocycles. The van der Waals surface area contributed by atoms with Crippen LogP contribution in [-0.2, 0) is 6.42 Å². The lowest BCUT2D eigenvalue weighted by Crippen LogP contribution is -2.03. The summed E-state index contributed by atoms with van der Waals surface area (Å²) in [6.07, 6.45) is 0.618. The highest BCUT2D eigenvalue weighted by Crippen LogP contribution is 2.31. The molecule has 14 heavy (non-hydrogen) atoms. The minimum absolute atomic E-state index is 0.466. The number of nitrogens with two attached hydrogens (primary N) is 1. The van der Waals surface area contributed by atoms with Crippen LogP contribution in [0.2, 0.25) is 5.02 Å². The lowest BCUT2D eigenvalue weighted by molar-refractivity contribution is 0.423. The first kappa shape index (κ1) is 9.64. The summed E-state index contributed by atoms with van der Waals surface area (Å²) in [5.74, 6) is 1.08. The molecule has 0 bridgehead atoms. The Bertz CT molecular complexity index is 426. The molecule has 6 heteroatoms. The fraction of sp³-hybridized carbons (Fsp3) is 0.250. The van der Waals surface area contributed by atoms with Gasteiger partial charge in [-0.25, -0.2) is 0 Å². The molecule has 0 saturated carbocycles. The van der Waals surface area contributed by atoms with E-state index >= 15 is 0 Å². The fourth-order valence-electron chi connectivity index (χ4n) is 1.02. The predicted octanol–water partition coefficient (Wildman–Crippen LogP) is 1.95. The first-order valence-corrected chi connectivity index (χ1v) is 5.33. The van der Waals surface area contributed by atoms with Gasteiger partial charge in [0.05, 0.1) is 5.02 Å². The molecular formula is C8H8ClN3OS. The summed E-state index contributed by atoms with van der Waals surface area (Å²) in [5.41, 5.74) is 5.37. The molecule has 0 aliphatic carbocycles. The molecule has 2 aromatic rings. The monoisotopic (exact) mass is 229 g/mol. The molecule has 74 valence electrons. The van der Waals surface area contributed by atoms with E-state index in [2.05, 4.69) is 10.1 Å². The summed E-state index contributed by atoms with van der Waals surface area (Å²) >= 11 is 7.39. The summed E-state index contributed by atoms with van der Waals surface area (Å²) in [7, 11) is 0. The molecule has 2 heterocycles. The zero-order chi connectivity index (χ0) is 9.97. The summed E-state index contributed by atoms with van der Waals surface area (Å²) < 4.78 is 5.05. The lowest BCUT2D eigenvalue weighted by Gasteiger charge is -1.87. The molecule has 0 radical (unpaired) electrons. The minimum atomic E-state index is 0.466. The van der Waals surface area contributed by atoms with E-state index in [9.17, 15) is 0 Å². The van der Waals surface area contributed by atoms with Gasteiger partial charge in [-0.05, 0) is 18.0 Å². The van der Waals surface area contributed by atoms with Crippen LogP contribution in [0.4, 0.5) is 0 Å². The van der Waals surface area contributed by atoms with Crippen molar-refractivity contribution in [2.75, 3.05) is 6.54 Å². The normalized spacial score (nSPS) is 10.7. The maximum Gasteiger partial charge on any atom is 0.269 e. The Balaban J connectivity index is 2.29. The number of thiophene rings is 1. The van der Waals surface area contributed by atoms with Crippen LogP contribution in [0.5, 0.6) is 0 Å². The van der Waals surface area contributed by atoms with Crippen LogP contribution in [0.15, 0.2) is 16.0 Å². The van der Waals surface area contributed by atoms with E-state index in [0.717, 1.165) is 4.88 Å². The van der Waals surface area contributed by atoms with Gasteiger partial charge in [0, 0.05) is 6.42 Å². The molecule has 0 spiro atoms. The fourth-order valence-corrected chi connectivity index (χ4v) is 2.08. The maximum atomic E-state index is 5.92. The molecule has 4 nitrogen and oxygen atoms in total. The third-order valence-corrected chi connectivity index (χ3v) is 2.98. The summed E-state index contributed by atoms with van der Waals surface area (Å²) in [5, 5.41) is 6.30. The zero-order valence-electron chi connectivity index (χ0n) is 7.24. The Morgan fingerprint density at radius 2 is 2.43 bits per heavy atom. The van der Waals surface area contributed by atoms with Crippen LogP contribution in [0, 0.1) is 0 Å². The minimum Gasteiger partial charge on any atom is -0.333 e. The van der Waals surface area contributed by atoms with Crippen molar-refractivity contribution in [3.05, 3.63) is 22.3 Å². The number of aromatic nitrogens is 2. The van der Waals surface area contributed by atoms with Gasteiger partial charge >= 0.3 is 0 Å². The van der Waals surface area contributed by atoms with Gasteiger partial charge in [0.2, 0.25) is 0 Å². The van der Waals surface area contributed by atoms with Crippen molar-refractivity contribution in [1.82, 2.24) is 10.1 Å². The van der Waals surface area contributed by atoms with Crippen molar-refractivity contribution in [1.29, 1.82) is 0 Å². The molecule has 0 amide bonds. The molecule has 0 saturated heterocycles. The second-order valence-electron chi connectivity index (χ2n) is 2.65. The standard InChI is InChI=1S/C8H8ClN3OS/c9-5-2-4-14-7(5)8-11-6(1-3-10)12-13-8/h2,4H,1,3,10H2. The second-order valence-corrected chi connectivity index (χ2v) is 3.98. The van der Waals surface area contributed by atoms with Crippen LogP contribution in [0.1, 0.15) is 5.82 Å². The molecule has 0 unspecified atom stereocenters. The van der Waals surface area contributed by atoms with Crippen molar-refractivity contribution in [3.63, 3.8) is 0 Å². The van der Waals surface area contributed by atoms with Gasteiger partial charge in [-0.15, -0.1) is 11.3 Å². The van der Waals surface area contributed by atoms with Gasteiger partial charge in [0.25, 0.3) is 5.89 Å². The number of hydrogen-bond donors (Lipinski definition) is 1. The van der Waals surface area contributed by atoms with E-state index < -0.39 is 0 Å². The first-order valence-electron chi connectivity index (χ1n) is 4.07. The molecule has 2 rings (SSSR count). The molecule has 0 atom stereocenters. The Labute approximate surface area is 89.7 Å². The average molecular weight is 230 g/mol. The lowest BCUT2D eigenvalue weighted by atomic mass is 10.4. The van der Waals surface area contributed by atoms with Crippen molar-refractivity contribution in [2.45, 2.75) is 6.42 Å². The van der Waals surface area contributed by atoms with Crippen LogP contribution >= 0.6 is 22.9 Å². The van der Waals surface area contributed by atoms with Gasteiger partial charge < -0.3 is 10.3 Å². The van der Waals surface area contributed by atoms with Crippen molar-refractivity contribution in [3.8, 4) is 10.8 Å². The van der Waals surface area contributed by atoms with E-state index in [1.54, 1.807) is 6.07 Å². The van der Waals surface area contributed by atoms with Gasteiger partial charge in [0.15, 0.2) is 5.82 Å². The quantitative estimate of drug-likeness (QED) is 0.874. The highest BCUT2D eigenvalue weighted by atomic mass is 35.5. The summed E-state index contributed by atoms with van der Waals surface area (Å²) in [4.78, 5) is 4.98. The van der Waals surface area contributed by atoms with Crippen LogP contribution in [0.25, 0.3) is 10.8 Å². The largest absolute Gasteiger partial charge is 0.333 e. The topological polar surface area (TPSA) is 64.9 Å². The SMILES string of the molecule is NCCc1noc(-c2sccc2Cl)n1. The Kier molecular flexibility index (Phi) is 2.81. The van der Waals surface area contributed by atoms with Gasteiger partial charge in [-0.2, -0.15) is 4.98 Å². The van der Waals surface area contributed by atoms with Gasteiger partial charge in [0.1, 0.15) is 4.88 Å². The third-order valence-electron chi connectivity index (χ3n) is 1.65. The van der Waals surface area contributed by atoms with E-state index in [-0.39, 0.29) is 0 Å². The molecule has 2 aromatic heterocycles. The van der Waals surface area contributed by atoms with Crippen molar-refractivity contribution in [2.24, 2.45) is 5.73 Å². The third kappa shape index (κ3) is 1.79. The molecule has 0 fully saturated rings. The van der Waals surface area contributed by atoms with E-state index in [0.29, 0.717) is 29.7 Å². The summed E-state index contributed by atoms with van der Waals surface area (Å²) in [6.45, 7) is 0.511. The number of hydrogen-bond acceptors (Lipinski definition) is 5. The number of rotatable bonds is 3. The van der Waals surface area contributed by atoms with Crippen molar-refractivity contribution >= 4 is 22.9 Å². The maximum absolute atomic E-state index is 5.92. The number of halogens is 1. The Hall–Kier alpha value is -0.910. The second kappa shape index (κ2) is 4.08. The Morgan fingerprint density at radius 1 is 1.57 bits per heavy atom. The zero-order valence-corrected chi connectivity index (χ0v) is 8.81. The van der Waals surface area contributed by atoms with Crippen LogP contribution < -0.4 is 5.73 Å². The molecule has 2 N–H and O–H groups in total. The van der Waals surface area contributed by atoms with Crippen LogP contribution in [-0.4, -0.2) is 16.7 Å². The highest BCUT2D eigenvalue weighted by molar-refractivity contribution is 7.14. The predicted molar refractivity (Wildman–Crippen MR) is 55.4 cm³/mol. The summed E-state index contributed by atoms with van der Waals surface area (Å²) in [6, 6.07) is 1.80. The van der Waals surface area contributed by atoms with E-state index in [1.165, 1.54) is 11.3 Å². The van der Waals surface area contributed by atoms with E-state index in [1.807, 2.05) is 5.38 Å². The molecule has 0 aliphatic rings. The number of nitrogens with zero attached hydrogens (tertiary/aromatic N) is 2. The molecular weight excluding hydrogens is 222 g/mol. The average Bonchev–Trinajstić information content (AvgIpc) is 2.74. The first-order chi connectivity index (χ1) is 6.81. The van der Waals surface area contributed by atoms with Gasteiger partial charge in [-0.1, -0.05) is 16.8 Å². The smallest absolute Gasteiger partial charge is 0.269 e. The van der Waals surface area contributed by atoms with E-state index in [4.69, 9.17) is 21.9 Å². The van der Waals surface area contributed by atoms with Gasteiger partial charge in [-0.3, -0.25) is 0 Å². The van der Waals surface area contributed by atoms with Crippen molar-refractivity contribution < 1.29 is 4.52 Å². The molecule has 0 aliphatic heterocycles.